The first-order valence-electron chi connectivity index (χ1n) is 22.2. The highest BCUT2D eigenvalue weighted by atomic mass is 19.4. The van der Waals surface area contributed by atoms with E-state index in [1.54, 1.807) is 57.9 Å². The van der Waals surface area contributed by atoms with Crippen LogP contribution in [0.25, 0.3) is 111 Å². The molecule has 0 radical (unpaired) electrons. The Bertz CT molecular complexity index is 3970. The van der Waals surface area contributed by atoms with Crippen molar-refractivity contribution in [3.63, 3.8) is 0 Å². The minimum atomic E-state index is -4.86. The number of rotatable bonds is 7. The van der Waals surface area contributed by atoms with Gasteiger partial charge in [0.25, 0.3) is 0 Å². The van der Waals surface area contributed by atoms with E-state index < -0.39 is 11.7 Å². The zero-order chi connectivity index (χ0) is 45.9. The summed E-state index contributed by atoms with van der Waals surface area (Å²) in [4.78, 5) is 9.27. The van der Waals surface area contributed by atoms with E-state index in [1.807, 2.05) is 158 Å². The molecule has 4 heterocycles. The molecule has 5 nitrogen and oxygen atoms in total. The van der Waals surface area contributed by atoms with Gasteiger partial charge in [-0.3, -0.25) is 9.97 Å². The fourth-order valence-electron chi connectivity index (χ4n) is 9.83. The molecule has 0 aliphatic carbocycles. The summed E-state index contributed by atoms with van der Waals surface area (Å²) < 4.78 is 53.8. The largest absolute Gasteiger partial charge is 0.420 e. The van der Waals surface area contributed by atoms with Gasteiger partial charge < -0.3 is 9.13 Å². The van der Waals surface area contributed by atoms with Crippen molar-refractivity contribution < 1.29 is 13.2 Å². The number of aromatic nitrogens is 4. The van der Waals surface area contributed by atoms with E-state index in [0.717, 1.165) is 66.3 Å². The zero-order valence-corrected chi connectivity index (χ0v) is 36.2. The Balaban J connectivity index is 1.12. The quantitative estimate of drug-likeness (QED) is 0.160. The van der Waals surface area contributed by atoms with E-state index in [1.165, 1.54) is 0 Å². The van der Waals surface area contributed by atoms with Crippen molar-refractivity contribution in [1.82, 2.24) is 19.1 Å². The third kappa shape index (κ3) is 6.79. The predicted molar refractivity (Wildman–Crippen MR) is 268 cm³/mol. The monoisotopic (exact) mass is 883 g/mol. The van der Waals surface area contributed by atoms with Crippen LogP contribution in [0.2, 0.25) is 0 Å². The molecule has 322 valence electrons. The summed E-state index contributed by atoms with van der Waals surface area (Å²) in [7, 11) is 0. The van der Waals surface area contributed by atoms with Gasteiger partial charge in [0.2, 0.25) is 0 Å². The van der Waals surface area contributed by atoms with Crippen LogP contribution in [-0.2, 0) is 6.18 Å². The van der Waals surface area contributed by atoms with Gasteiger partial charge in [0.1, 0.15) is 5.56 Å². The minimum Gasteiger partial charge on any atom is -0.309 e. The summed E-state index contributed by atoms with van der Waals surface area (Å²) in [6, 6.07) is 67.3. The number of fused-ring (bicyclic) bond motifs is 6. The van der Waals surface area contributed by atoms with Gasteiger partial charge >= 0.3 is 6.18 Å². The average molecular weight is 884 g/mol. The van der Waals surface area contributed by atoms with Crippen LogP contribution < -0.4 is 0 Å². The topological polar surface area (TPSA) is 59.4 Å². The van der Waals surface area contributed by atoms with E-state index in [4.69, 9.17) is 0 Å². The van der Waals surface area contributed by atoms with Gasteiger partial charge in [0, 0.05) is 50.6 Å². The number of benzene rings is 8. The smallest absolute Gasteiger partial charge is 0.309 e. The van der Waals surface area contributed by atoms with Gasteiger partial charge in [-0.2, -0.15) is 18.4 Å². The first-order valence-corrected chi connectivity index (χ1v) is 22.2. The number of pyridine rings is 2. The average Bonchev–Trinajstić information content (AvgIpc) is 3.90. The van der Waals surface area contributed by atoms with Crippen LogP contribution in [-0.4, -0.2) is 19.1 Å². The second-order valence-corrected chi connectivity index (χ2v) is 16.8. The molecule has 68 heavy (non-hydrogen) atoms. The second kappa shape index (κ2) is 16.1. The Morgan fingerprint density at radius 3 is 1.44 bits per heavy atom. The number of hydrogen-bond acceptors (Lipinski definition) is 3. The molecule has 0 atom stereocenters. The lowest BCUT2D eigenvalue weighted by Gasteiger charge is -2.24. The SMILES string of the molecule is N#Cc1cccc(-c2ccc(-n3c4ccccc4c4cc(-c5ccnc(-c6ccccc6)c5)ccc43)c(C(F)(F)F)c2-n2c3ccccc3c3cc(-c4ccnc(-c5ccccc5)c4)ccc32)c1. The van der Waals surface area contributed by atoms with Crippen LogP contribution in [0.4, 0.5) is 13.2 Å². The van der Waals surface area contributed by atoms with Crippen molar-refractivity contribution in [2.75, 3.05) is 0 Å². The molecule has 8 aromatic carbocycles. The zero-order valence-electron chi connectivity index (χ0n) is 36.2. The standard InChI is InChI=1S/C60H36F3N5/c61-60(62,63)58-57(67-53-20-9-7-18-47(53)49-33-41(22-25-55(49)67)43-28-30-65-51(35-43)39-13-3-1-4-14-39)27-24-46(45-17-11-12-38(32-45)37-64)59(58)68-54-21-10-8-19-48(54)50-34-42(23-26-56(50)68)44-29-31-66-52(36-44)40-15-5-2-6-16-40/h1-36H. The van der Waals surface area contributed by atoms with Crippen LogP contribution in [0.1, 0.15) is 11.1 Å². The van der Waals surface area contributed by atoms with Crippen molar-refractivity contribution in [2.45, 2.75) is 6.18 Å². The fourth-order valence-corrected chi connectivity index (χ4v) is 9.83. The second-order valence-electron chi connectivity index (χ2n) is 16.8. The molecule has 4 aromatic heterocycles. The number of nitrogens with zero attached hydrogens (tertiary/aromatic N) is 5. The summed E-state index contributed by atoms with van der Waals surface area (Å²) in [6.45, 7) is 0. The maximum atomic E-state index is 16.8. The summed E-state index contributed by atoms with van der Waals surface area (Å²) in [5, 5.41) is 13.2. The lowest BCUT2D eigenvalue weighted by molar-refractivity contribution is -0.137. The van der Waals surface area contributed by atoms with Crippen molar-refractivity contribution >= 4 is 43.6 Å². The summed E-state index contributed by atoms with van der Waals surface area (Å²) in [5.41, 5.74) is 10.1. The van der Waals surface area contributed by atoms with Crippen LogP contribution >= 0.6 is 0 Å². The van der Waals surface area contributed by atoms with Gasteiger partial charge in [0.15, 0.2) is 0 Å². The van der Waals surface area contributed by atoms with Crippen molar-refractivity contribution in [1.29, 1.82) is 5.26 Å². The lowest BCUT2D eigenvalue weighted by atomic mass is 9.96. The van der Waals surface area contributed by atoms with Crippen LogP contribution in [0.3, 0.4) is 0 Å². The van der Waals surface area contributed by atoms with Gasteiger partial charge in [-0.25, -0.2) is 0 Å². The number of alkyl halides is 3. The van der Waals surface area contributed by atoms with Gasteiger partial charge in [-0.05, 0) is 107 Å². The molecule has 0 fully saturated rings. The molecule has 0 aliphatic heterocycles. The van der Waals surface area contributed by atoms with E-state index in [9.17, 15) is 5.26 Å². The molecular formula is C60H36F3N5. The maximum absolute atomic E-state index is 16.8. The molecule has 0 spiro atoms. The molecular weight excluding hydrogens is 848 g/mol. The molecule has 12 rings (SSSR count). The molecule has 0 bridgehead atoms. The van der Waals surface area contributed by atoms with Crippen LogP contribution in [0.15, 0.2) is 219 Å². The van der Waals surface area contributed by atoms with Crippen LogP contribution in [0, 0.1) is 11.3 Å². The summed E-state index contributed by atoms with van der Waals surface area (Å²) in [6.07, 6.45) is -1.30. The molecule has 12 aromatic rings. The van der Waals surface area contributed by atoms with E-state index in [2.05, 4.69) is 28.2 Å². The molecule has 8 heteroatoms. The predicted octanol–water partition coefficient (Wildman–Crippen LogP) is 15.9. The molecule has 0 unspecified atom stereocenters. The Kier molecular flexibility index (Phi) is 9.59. The minimum absolute atomic E-state index is 0.0188. The van der Waals surface area contributed by atoms with E-state index in [-0.39, 0.29) is 11.4 Å². The van der Waals surface area contributed by atoms with Gasteiger partial charge in [-0.15, -0.1) is 0 Å². The van der Waals surface area contributed by atoms with Crippen molar-refractivity contribution in [3.8, 4) is 73.3 Å². The Morgan fingerprint density at radius 1 is 0.397 bits per heavy atom. The summed E-state index contributed by atoms with van der Waals surface area (Å²) >= 11 is 0. The molecule has 0 aliphatic rings. The molecule has 0 amide bonds. The first kappa shape index (κ1) is 40.4. The highest BCUT2D eigenvalue weighted by Crippen LogP contribution is 2.48. The number of para-hydroxylation sites is 2. The first-order chi connectivity index (χ1) is 33.3. The Hall–Kier alpha value is -9.06. The molecule has 0 saturated heterocycles. The third-order valence-electron chi connectivity index (χ3n) is 12.9. The van der Waals surface area contributed by atoms with Gasteiger partial charge in [0.05, 0.1) is 56.5 Å². The number of hydrogen-bond donors (Lipinski definition) is 0. The maximum Gasteiger partial charge on any atom is 0.420 e. The molecule has 0 N–H and O–H groups in total. The fraction of sp³-hybridized carbons (Fsp3) is 0.0167. The third-order valence-corrected chi connectivity index (χ3v) is 12.9. The Morgan fingerprint density at radius 2 is 0.882 bits per heavy atom. The van der Waals surface area contributed by atoms with E-state index >= 15 is 13.2 Å². The highest BCUT2D eigenvalue weighted by molar-refractivity contribution is 6.13. The Labute approximate surface area is 388 Å². The highest BCUT2D eigenvalue weighted by Gasteiger charge is 2.40. The van der Waals surface area contributed by atoms with E-state index in [0.29, 0.717) is 38.8 Å². The summed E-state index contributed by atoms with van der Waals surface area (Å²) in [5.74, 6) is 0. The van der Waals surface area contributed by atoms with Crippen LogP contribution in [0.5, 0.6) is 0 Å². The molecule has 0 saturated carbocycles. The van der Waals surface area contributed by atoms with Gasteiger partial charge in [-0.1, -0.05) is 127 Å². The number of nitriles is 1. The van der Waals surface area contributed by atoms with Crippen molar-refractivity contribution in [2.24, 2.45) is 0 Å². The number of halogens is 3. The van der Waals surface area contributed by atoms with Crippen molar-refractivity contribution in [3.05, 3.63) is 230 Å². The normalized spacial score (nSPS) is 11.7. The lowest BCUT2D eigenvalue weighted by Crippen LogP contribution is -2.16.